The largest absolute Gasteiger partial charge is 0.481 e. The number of thiazole rings is 1. The molecule has 1 atom stereocenters. The van der Waals surface area contributed by atoms with E-state index in [4.69, 9.17) is 5.11 Å². The average Bonchev–Trinajstić information content (AvgIpc) is 2.81. The Morgan fingerprint density at radius 1 is 1.56 bits per heavy atom. The minimum Gasteiger partial charge on any atom is -0.481 e. The topological polar surface area (TPSA) is 70.5 Å². The fourth-order valence-electron chi connectivity index (χ4n) is 1.84. The van der Waals surface area contributed by atoms with E-state index in [1.807, 2.05) is 0 Å². The number of rotatable bonds is 2. The van der Waals surface area contributed by atoms with Crippen LogP contribution in [-0.2, 0) is 4.79 Å². The van der Waals surface area contributed by atoms with E-state index in [1.165, 1.54) is 11.3 Å². The Morgan fingerprint density at radius 3 is 3.00 bits per heavy atom. The zero-order valence-corrected chi connectivity index (χ0v) is 9.44. The Labute approximate surface area is 96.7 Å². The van der Waals surface area contributed by atoms with E-state index >= 15 is 0 Å². The first-order valence-corrected chi connectivity index (χ1v) is 6.03. The van der Waals surface area contributed by atoms with E-state index in [9.17, 15) is 9.59 Å². The summed E-state index contributed by atoms with van der Waals surface area (Å²) in [5, 5.41) is 10.6. The Hall–Kier alpha value is -1.43. The molecule has 1 fully saturated rings. The van der Waals surface area contributed by atoms with Gasteiger partial charge >= 0.3 is 5.97 Å². The van der Waals surface area contributed by atoms with E-state index in [0.717, 1.165) is 6.42 Å². The minimum absolute atomic E-state index is 0.160. The first kappa shape index (κ1) is 11.1. The number of hydrogen-bond donors (Lipinski definition) is 1. The van der Waals surface area contributed by atoms with Crippen molar-refractivity contribution in [1.29, 1.82) is 0 Å². The molecule has 0 radical (unpaired) electrons. The molecule has 2 rings (SSSR count). The SMILES string of the molecule is O=C(O)C1CCCN(C(=O)c2cscn2)C1. The second kappa shape index (κ2) is 4.61. The molecule has 86 valence electrons. The first-order chi connectivity index (χ1) is 7.68. The van der Waals surface area contributed by atoms with Gasteiger partial charge in [-0.15, -0.1) is 11.3 Å². The van der Waals surface area contributed by atoms with Crippen molar-refractivity contribution < 1.29 is 14.7 Å². The maximum atomic E-state index is 11.9. The van der Waals surface area contributed by atoms with Crippen LogP contribution in [0.2, 0.25) is 0 Å². The molecule has 1 unspecified atom stereocenters. The molecule has 0 aliphatic carbocycles. The third-order valence-corrected chi connectivity index (χ3v) is 3.30. The molecule has 0 saturated carbocycles. The molecule has 2 heterocycles. The predicted octanol–water partition coefficient (Wildman–Crippen LogP) is 1.08. The van der Waals surface area contributed by atoms with Gasteiger partial charge in [-0.2, -0.15) is 0 Å². The Kier molecular flexibility index (Phi) is 3.19. The van der Waals surface area contributed by atoms with Gasteiger partial charge in [0, 0.05) is 18.5 Å². The molecular formula is C10H12N2O3S. The van der Waals surface area contributed by atoms with E-state index in [-0.39, 0.29) is 5.91 Å². The monoisotopic (exact) mass is 240 g/mol. The summed E-state index contributed by atoms with van der Waals surface area (Å²) in [6.07, 6.45) is 1.39. The second-order valence-corrected chi connectivity index (χ2v) is 4.52. The highest BCUT2D eigenvalue weighted by Gasteiger charge is 2.29. The lowest BCUT2D eigenvalue weighted by atomic mass is 9.98. The summed E-state index contributed by atoms with van der Waals surface area (Å²) < 4.78 is 0. The van der Waals surface area contributed by atoms with Gasteiger partial charge in [0.2, 0.25) is 0 Å². The third kappa shape index (κ3) is 2.21. The van der Waals surface area contributed by atoms with Crippen LogP contribution in [0.25, 0.3) is 0 Å². The first-order valence-electron chi connectivity index (χ1n) is 5.08. The molecule has 0 spiro atoms. The number of piperidine rings is 1. The number of carboxylic acids is 1. The predicted molar refractivity (Wildman–Crippen MR) is 58.4 cm³/mol. The van der Waals surface area contributed by atoms with Crippen LogP contribution in [0.4, 0.5) is 0 Å². The maximum absolute atomic E-state index is 11.9. The highest BCUT2D eigenvalue weighted by atomic mass is 32.1. The van der Waals surface area contributed by atoms with E-state index in [2.05, 4.69) is 4.98 Å². The van der Waals surface area contributed by atoms with Crippen molar-refractivity contribution >= 4 is 23.2 Å². The van der Waals surface area contributed by atoms with Gasteiger partial charge in [0.15, 0.2) is 0 Å². The third-order valence-electron chi connectivity index (χ3n) is 2.71. The zero-order chi connectivity index (χ0) is 11.5. The normalized spacial score (nSPS) is 20.8. The molecule has 1 amide bonds. The summed E-state index contributed by atoms with van der Waals surface area (Å²) in [4.78, 5) is 28.3. The van der Waals surface area contributed by atoms with E-state index in [0.29, 0.717) is 25.2 Å². The molecule has 0 bridgehead atoms. The van der Waals surface area contributed by atoms with Crippen LogP contribution in [-0.4, -0.2) is 40.0 Å². The summed E-state index contributed by atoms with van der Waals surface area (Å²) >= 11 is 1.36. The van der Waals surface area contributed by atoms with Crippen molar-refractivity contribution in [3.8, 4) is 0 Å². The van der Waals surface area contributed by atoms with E-state index in [1.54, 1.807) is 15.8 Å². The van der Waals surface area contributed by atoms with Crippen LogP contribution in [0.1, 0.15) is 23.3 Å². The van der Waals surface area contributed by atoms with Crippen molar-refractivity contribution in [3.63, 3.8) is 0 Å². The molecule has 1 N–H and O–H groups in total. The number of carbonyl (C=O) groups is 2. The summed E-state index contributed by atoms with van der Waals surface area (Å²) in [6.45, 7) is 0.922. The molecule has 1 saturated heterocycles. The van der Waals surface area contributed by atoms with Gasteiger partial charge in [0.05, 0.1) is 11.4 Å². The van der Waals surface area contributed by atoms with Gasteiger partial charge in [0.1, 0.15) is 5.69 Å². The maximum Gasteiger partial charge on any atom is 0.308 e. The smallest absolute Gasteiger partial charge is 0.308 e. The standard InChI is InChI=1S/C10H12N2O3S/c13-9(8-5-16-6-11-8)12-3-1-2-7(4-12)10(14)15/h5-7H,1-4H2,(H,14,15). The van der Waals surface area contributed by atoms with Gasteiger partial charge in [-0.05, 0) is 12.8 Å². The molecule has 16 heavy (non-hydrogen) atoms. The van der Waals surface area contributed by atoms with Crippen molar-refractivity contribution in [2.45, 2.75) is 12.8 Å². The summed E-state index contributed by atoms with van der Waals surface area (Å²) in [5.41, 5.74) is 2.02. The molecule has 1 aromatic heterocycles. The molecule has 1 aliphatic rings. The molecular weight excluding hydrogens is 228 g/mol. The highest BCUT2D eigenvalue weighted by molar-refractivity contribution is 7.07. The van der Waals surface area contributed by atoms with Gasteiger partial charge in [0.25, 0.3) is 5.91 Å². The van der Waals surface area contributed by atoms with Crippen molar-refractivity contribution in [1.82, 2.24) is 9.88 Å². The van der Waals surface area contributed by atoms with Crippen molar-refractivity contribution in [2.75, 3.05) is 13.1 Å². The molecule has 1 aromatic rings. The molecule has 5 nitrogen and oxygen atoms in total. The van der Waals surface area contributed by atoms with Crippen LogP contribution in [0.3, 0.4) is 0 Å². The lowest BCUT2D eigenvalue weighted by Gasteiger charge is -2.30. The number of aromatic nitrogens is 1. The molecule has 6 heteroatoms. The highest BCUT2D eigenvalue weighted by Crippen LogP contribution is 2.18. The number of carboxylic acid groups (broad SMARTS) is 1. The van der Waals surface area contributed by atoms with Crippen molar-refractivity contribution in [3.05, 3.63) is 16.6 Å². The Bertz CT molecular complexity index is 391. The quantitative estimate of drug-likeness (QED) is 0.839. The van der Waals surface area contributed by atoms with Gasteiger partial charge in [-0.1, -0.05) is 0 Å². The number of carbonyl (C=O) groups excluding carboxylic acids is 1. The Balaban J connectivity index is 2.05. The van der Waals surface area contributed by atoms with Gasteiger partial charge in [-0.3, -0.25) is 9.59 Å². The van der Waals surface area contributed by atoms with Gasteiger partial charge in [-0.25, -0.2) is 4.98 Å². The van der Waals surface area contributed by atoms with Crippen molar-refractivity contribution in [2.24, 2.45) is 5.92 Å². The second-order valence-electron chi connectivity index (χ2n) is 3.80. The number of likely N-dealkylation sites (tertiary alicyclic amines) is 1. The minimum atomic E-state index is -0.823. The van der Waals surface area contributed by atoms with E-state index < -0.39 is 11.9 Å². The number of nitrogens with zero attached hydrogens (tertiary/aromatic N) is 2. The van der Waals surface area contributed by atoms with Crippen LogP contribution in [0.5, 0.6) is 0 Å². The van der Waals surface area contributed by atoms with Crippen LogP contribution in [0, 0.1) is 5.92 Å². The average molecular weight is 240 g/mol. The zero-order valence-electron chi connectivity index (χ0n) is 8.63. The molecule has 0 aromatic carbocycles. The number of aliphatic carboxylic acids is 1. The Morgan fingerprint density at radius 2 is 2.38 bits per heavy atom. The lowest BCUT2D eigenvalue weighted by Crippen LogP contribution is -2.42. The lowest BCUT2D eigenvalue weighted by molar-refractivity contribution is -0.143. The van der Waals surface area contributed by atoms with Crippen LogP contribution in [0.15, 0.2) is 10.9 Å². The van der Waals surface area contributed by atoms with Crippen LogP contribution < -0.4 is 0 Å². The summed E-state index contributed by atoms with van der Waals surface area (Å²) in [6, 6.07) is 0. The molecule has 1 aliphatic heterocycles. The fraction of sp³-hybridized carbons (Fsp3) is 0.500. The number of amides is 1. The number of hydrogen-bond acceptors (Lipinski definition) is 4. The fourth-order valence-corrected chi connectivity index (χ4v) is 2.37. The summed E-state index contributed by atoms with van der Waals surface area (Å²) in [5.74, 6) is -1.42. The van der Waals surface area contributed by atoms with Gasteiger partial charge < -0.3 is 10.0 Å². The van der Waals surface area contributed by atoms with Crippen LogP contribution >= 0.6 is 11.3 Å². The summed E-state index contributed by atoms with van der Waals surface area (Å²) in [7, 11) is 0.